The van der Waals surface area contributed by atoms with Crippen molar-refractivity contribution in [1.29, 1.82) is 0 Å². The maximum absolute atomic E-state index is 12.9. The molecule has 2 aromatic carbocycles. The molecule has 1 saturated heterocycles. The van der Waals surface area contributed by atoms with Crippen LogP contribution in [0.5, 0.6) is 11.5 Å². The molecule has 4 N–H and O–H groups in total. The average molecular weight is 369 g/mol. The summed E-state index contributed by atoms with van der Waals surface area (Å²) in [5.74, 6) is -0.490. The van der Waals surface area contributed by atoms with E-state index in [1.54, 1.807) is 12.1 Å². The summed E-state index contributed by atoms with van der Waals surface area (Å²) in [7, 11) is 1.47. The van der Waals surface area contributed by atoms with Gasteiger partial charge in [-0.1, -0.05) is 30.8 Å². The van der Waals surface area contributed by atoms with Gasteiger partial charge in [-0.05, 0) is 42.0 Å². The van der Waals surface area contributed by atoms with Gasteiger partial charge in [0.15, 0.2) is 16.6 Å². The molecule has 2 atom stereocenters. The van der Waals surface area contributed by atoms with E-state index in [-0.39, 0.29) is 11.7 Å². The summed E-state index contributed by atoms with van der Waals surface area (Å²) in [6.45, 7) is 3.96. The normalized spacial score (nSPS) is 19.3. The van der Waals surface area contributed by atoms with Crippen molar-refractivity contribution in [2.75, 3.05) is 12.4 Å². The fourth-order valence-electron chi connectivity index (χ4n) is 2.90. The van der Waals surface area contributed by atoms with Crippen LogP contribution in [-0.4, -0.2) is 23.2 Å². The van der Waals surface area contributed by atoms with Gasteiger partial charge in [-0.25, -0.2) is 0 Å². The molecule has 1 heterocycles. The largest absolute Gasteiger partial charge is 0.504 e. The molecule has 1 aliphatic heterocycles. The zero-order chi connectivity index (χ0) is 18.7. The Morgan fingerprint density at radius 1 is 1.27 bits per heavy atom. The minimum absolute atomic E-state index is 0.0249. The Kier molecular flexibility index (Phi) is 5.09. The van der Waals surface area contributed by atoms with Crippen LogP contribution in [0.4, 0.5) is 5.69 Å². The number of benzene rings is 2. The molecule has 0 aliphatic carbocycles. The third kappa shape index (κ3) is 3.62. The Hall–Kier alpha value is -3.06. The van der Waals surface area contributed by atoms with Crippen molar-refractivity contribution in [2.24, 2.45) is 5.92 Å². The van der Waals surface area contributed by atoms with E-state index in [1.165, 1.54) is 13.2 Å². The summed E-state index contributed by atoms with van der Waals surface area (Å²) in [5, 5.41) is 19.1. The molecule has 1 amide bonds. The number of hydrogen-bond donors (Lipinski definition) is 4. The molecular formula is C19H19N3O3S. The van der Waals surface area contributed by atoms with Crippen molar-refractivity contribution in [3.8, 4) is 11.5 Å². The Morgan fingerprint density at radius 3 is 2.69 bits per heavy atom. The monoisotopic (exact) mass is 369 g/mol. The number of carbonyl (C=O) groups excluding carboxylic acids is 1. The molecule has 0 bridgehead atoms. The number of ether oxygens (including phenoxy) is 1. The number of aromatic hydroxyl groups is 1. The Bertz CT molecular complexity index is 854. The fraction of sp³-hybridized carbons (Fsp3) is 0.158. The number of phenols is 1. The number of anilines is 1. The van der Waals surface area contributed by atoms with Gasteiger partial charge in [0.2, 0.25) is 5.91 Å². The van der Waals surface area contributed by atoms with E-state index in [2.05, 4.69) is 22.5 Å². The molecule has 1 aliphatic rings. The second-order valence-corrected chi connectivity index (χ2v) is 6.27. The first-order valence-electron chi connectivity index (χ1n) is 7.98. The second kappa shape index (κ2) is 7.45. The van der Waals surface area contributed by atoms with Gasteiger partial charge in [0.1, 0.15) is 5.92 Å². The van der Waals surface area contributed by atoms with Crippen LogP contribution in [0.25, 0.3) is 0 Å². The maximum atomic E-state index is 12.9. The van der Waals surface area contributed by atoms with Crippen LogP contribution in [0.1, 0.15) is 11.6 Å². The summed E-state index contributed by atoms with van der Waals surface area (Å²) in [6, 6.07) is 13.7. The van der Waals surface area contributed by atoms with Crippen LogP contribution in [0.3, 0.4) is 0 Å². The minimum atomic E-state index is -0.615. The predicted molar refractivity (Wildman–Crippen MR) is 104 cm³/mol. The first-order chi connectivity index (χ1) is 12.5. The third-order valence-corrected chi connectivity index (χ3v) is 4.38. The third-order valence-electron chi connectivity index (χ3n) is 4.16. The highest BCUT2D eigenvalue weighted by Crippen LogP contribution is 2.35. The van der Waals surface area contributed by atoms with E-state index in [0.717, 1.165) is 5.56 Å². The second-order valence-electron chi connectivity index (χ2n) is 5.87. The number of methoxy groups -OCH3 is 1. The zero-order valence-electron chi connectivity index (χ0n) is 14.2. The highest BCUT2D eigenvalue weighted by molar-refractivity contribution is 7.80. The molecule has 26 heavy (non-hydrogen) atoms. The fourth-order valence-corrected chi connectivity index (χ4v) is 3.16. The number of para-hydroxylation sites is 1. The summed E-state index contributed by atoms with van der Waals surface area (Å²) < 4.78 is 5.17. The summed E-state index contributed by atoms with van der Waals surface area (Å²) in [6.07, 6.45) is 0. The first kappa shape index (κ1) is 17.8. The quantitative estimate of drug-likeness (QED) is 0.621. The Morgan fingerprint density at radius 2 is 2.00 bits per heavy atom. The lowest BCUT2D eigenvalue weighted by Crippen LogP contribution is -2.51. The lowest BCUT2D eigenvalue weighted by atomic mass is 9.88. The van der Waals surface area contributed by atoms with Crippen molar-refractivity contribution < 1.29 is 14.6 Å². The van der Waals surface area contributed by atoms with E-state index in [9.17, 15) is 9.90 Å². The SMILES string of the molecule is C=C1NC(=S)NC(c2ccc(O)c(OC)c2)C1C(=O)Nc1ccccc1. The molecule has 2 unspecified atom stereocenters. The van der Waals surface area contributed by atoms with E-state index in [4.69, 9.17) is 17.0 Å². The molecule has 0 saturated carbocycles. The predicted octanol–water partition coefficient (Wildman–Crippen LogP) is 2.69. The van der Waals surface area contributed by atoms with E-state index in [1.807, 2.05) is 30.3 Å². The van der Waals surface area contributed by atoms with Crippen molar-refractivity contribution in [1.82, 2.24) is 10.6 Å². The molecule has 134 valence electrons. The molecular weight excluding hydrogens is 350 g/mol. The van der Waals surface area contributed by atoms with Crippen molar-refractivity contribution >= 4 is 28.9 Å². The number of hydrogen-bond acceptors (Lipinski definition) is 4. The minimum Gasteiger partial charge on any atom is -0.504 e. The van der Waals surface area contributed by atoms with Gasteiger partial charge >= 0.3 is 0 Å². The van der Waals surface area contributed by atoms with Crippen molar-refractivity contribution in [3.05, 3.63) is 66.4 Å². The van der Waals surface area contributed by atoms with Gasteiger partial charge in [0.05, 0.1) is 13.2 Å². The molecule has 3 rings (SSSR count). The standard InChI is InChI=1S/C19H19N3O3S/c1-11-16(18(24)21-13-6-4-3-5-7-13)17(22-19(26)20-11)12-8-9-14(23)15(10-12)25-2/h3-10,16-17,23H,1H2,2H3,(H,21,24)(H2,20,22,26). The highest BCUT2D eigenvalue weighted by atomic mass is 32.1. The van der Waals surface area contributed by atoms with Gasteiger partial charge in [-0.2, -0.15) is 0 Å². The van der Waals surface area contributed by atoms with E-state index < -0.39 is 12.0 Å². The average Bonchev–Trinajstić information content (AvgIpc) is 2.62. The lowest BCUT2D eigenvalue weighted by molar-refractivity contribution is -0.119. The molecule has 7 heteroatoms. The van der Waals surface area contributed by atoms with E-state index in [0.29, 0.717) is 22.2 Å². The zero-order valence-corrected chi connectivity index (χ0v) is 15.0. The van der Waals surface area contributed by atoms with Crippen LogP contribution in [0.15, 0.2) is 60.8 Å². The van der Waals surface area contributed by atoms with Crippen LogP contribution >= 0.6 is 12.2 Å². The molecule has 6 nitrogen and oxygen atoms in total. The van der Waals surface area contributed by atoms with Gasteiger partial charge in [0.25, 0.3) is 0 Å². The smallest absolute Gasteiger partial charge is 0.235 e. The summed E-state index contributed by atoms with van der Waals surface area (Å²) >= 11 is 5.22. The molecule has 0 aromatic heterocycles. The number of carbonyl (C=O) groups is 1. The Balaban J connectivity index is 1.93. The van der Waals surface area contributed by atoms with Crippen LogP contribution in [0, 0.1) is 5.92 Å². The first-order valence-corrected chi connectivity index (χ1v) is 8.39. The highest BCUT2D eigenvalue weighted by Gasteiger charge is 2.37. The van der Waals surface area contributed by atoms with Gasteiger partial charge in [-0.3, -0.25) is 4.79 Å². The topological polar surface area (TPSA) is 82.6 Å². The van der Waals surface area contributed by atoms with Gasteiger partial charge in [-0.15, -0.1) is 0 Å². The lowest BCUT2D eigenvalue weighted by Gasteiger charge is -2.35. The molecule has 2 aromatic rings. The van der Waals surface area contributed by atoms with Crippen molar-refractivity contribution in [3.63, 3.8) is 0 Å². The van der Waals surface area contributed by atoms with Crippen LogP contribution < -0.4 is 20.7 Å². The molecule has 0 spiro atoms. The number of nitrogens with one attached hydrogen (secondary N) is 3. The maximum Gasteiger partial charge on any atom is 0.235 e. The molecule has 0 radical (unpaired) electrons. The van der Waals surface area contributed by atoms with Crippen molar-refractivity contribution in [2.45, 2.75) is 6.04 Å². The van der Waals surface area contributed by atoms with Crippen LogP contribution in [-0.2, 0) is 4.79 Å². The van der Waals surface area contributed by atoms with Crippen LogP contribution in [0.2, 0.25) is 0 Å². The number of rotatable bonds is 4. The van der Waals surface area contributed by atoms with Gasteiger partial charge in [0, 0.05) is 11.4 Å². The summed E-state index contributed by atoms with van der Waals surface area (Å²) in [5.41, 5.74) is 1.94. The number of phenolic OH excluding ortho intramolecular Hbond substituents is 1. The van der Waals surface area contributed by atoms with Gasteiger partial charge < -0.3 is 25.8 Å². The number of thiocarbonyl (C=S) groups is 1. The number of amides is 1. The Labute approximate surface area is 156 Å². The summed E-state index contributed by atoms with van der Waals surface area (Å²) in [4.78, 5) is 12.9. The van der Waals surface area contributed by atoms with E-state index >= 15 is 0 Å². The molecule has 1 fully saturated rings.